The summed E-state index contributed by atoms with van der Waals surface area (Å²) in [5.41, 5.74) is 3.13. The lowest BCUT2D eigenvalue weighted by molar-refractivity contribution is 0.291. The van der Waals surface area contributed by atoms with E-state index in [0.717, 1.165) is 11.1 Å². The molecule has 0 aliphatic rings. The second-order valence-corrected chi connectivity index (χ2v) is 10.0. The van der Waals surface area contributed by atoms with Crippen LogP contribution in [0.15, 0.2) is 125 Å². The van der Waals surface area contributed by atoms with Crippen LogP contribution in [0.1, 0.15) is 16.7 Å². The van der Waals surface area contributed by atoms with Crippen LogP contribution in [0.25, 0.3) is 22.1 Å². The zero-order chi connectivity index (χ0) is 30.5. The molecule has 0 aliphatic carbocycles. The van der Waals surface area contributed by atoms with Gasteiger partial charge in [0.05, 0.1) is 5.56 Å². The number of hydrogen-bond donors (Lipinski definition) is 0. The van der Waals surface area contributed by atoms with E-state index in [4.69, 9.17) is 18.6 Å². The molecule has 0 fully saturated rings. The molecule has 0 saturated carbocycles. The zero-order valence-electron chi connectivity index (χ0n) is 23.3. The van der Waals surface area contributed by atoms with Crippen LogP contribution >= 0.6 is 0 Å². The highest BCUT2D eigenvalue weighted by Gasteiger charge is 2.17. The number of fused-ring (bicyclic) bond motifs is 1. The van der Waals surface area contributed by atoms with E-state index in [-0.39, 0.29) is 59.4 Å². The average molecular weight is 595 g/mol. The largest absolute Gasteiger partial charge is 0.489 e. The van der Waals surface area contributed by atoms with Gasteiger partial charge in [0.1, 0.15) is 71.8 Å². The molecule has 1 heterocycles. The van der Waals surface area contributed by atoms with E-state index in [1.54, 1.807) is 72.8 Å². The lowest BCUT2D eigenvalue weighted by atomic mass is 10.0. The molecule has 6 aromatic rings. The van der Waals surface area contributed by atoms with E-state index in [9.17, 15) is 18.0 Å². The number of benzene rings is 5. The molecule has 0 saturated heterocycles. The first-order valence-electron chi connectivity index (χ1n) is 13.7. The van der Waals surface area contributed by atoms with Gasteiger partial charge in [-0.2, -0.15) is 0 Å². The van der Waals surface area contributed by atoms with Gasteiger partial charge in [-0.3, -0.25) is 4.79 Å². The molecule has 0 aliphatic heterocycles. The summed E-state index contributed by atoms with van der Waals surface area (Å²) in [5.74, 6) is 0.165. The van der Waals surface area contributed by atoms with Crippen LogP contribution in [-0.2, 0) is 19.8 Å². The maximum atomic E-state index is 13.8. The molecule has 44 heavy (non-hydrogen) atoms. The minimum absolute atomic E-state index is 0.0700. The van der Waals surface area contributed by atoms with Gasteiger partial charge in [-0.05, 0) is 70.8 Å². The van der Waals surface area contributed by atoms with Crippen molar-refractivity contribution in [3.8, 4) is 28.4 Å². The summed E-state index contributed by atoms with van der Waals surface area (Å²) in [4.78, 5) is 13.8. The van der Waals surface area contributed by atoms with Gasteiger partial charge in [-0.1, -0.05) is 48.5 Å². The standard InChI is InChI=1S/C36H25F3O5/c37-27-9-1-23(2-10-27)19-41-30-15-7-26(8-16-30)32-22-44-34-18-31(42-20-24-3-11-28(38)12-4-24)17-33(35(34)36(32)40)43-21-25-5-13-29(39)14-6-25/h1-18,22H,19-21H2. The van der Waals surface area contributed by atoms with Crippen molar-refractivity contribution in [1.82, 2.24) is 0 Å². The van der Waals surface area contributed by atoms with Gasteiger partial charge >= 0.3 is 0 Å². The van der Waals surface area contributed by atoms with Crippen LogP contribution in [0.5, 0.6) is 17.2 Å². The Bertz CT molecular complexity index is 1930. The topological polar surface area (TPSA) is 57.9 Å². The number of rotatable bonds is 10. The molecule has 0 unspecified atom stereocenters. The summed E-state index contributed by atoms with van der Waals surface area (Å²) >= 11 is 0. The zero-order valence-corrected chi connectivity index (χ0v) is 23.3. The summed E-state index contributed by atoms with van der Waals surface area (Å²) in [5, 5.41) is 0.218. The van der Waals surface area contributed by atoms with Gasteiger partial charge in [-0.25, -0.2) is 13.2 Å². The average Bonchev–Trinajstić information content (AvgIpc) is 3.04. The van der Waals surface area contributed by atoms with E-state index < -0.39 is 0 Å². The van der Waals surface area contributed by atoms with Crippen molar-refractivity contribution in [2.75, 3.05) is 0 Å². The van der Waals surface area contributed by atoms with E-state index in [2.05, 4.69) is 0 Å². The number of halogens is 3. The molecular weight excluding hydrogens is 569 g/mol. The molecule has 0 bridgehead atoms. The highest BCUT2D eigenvalue weighted by atomic mass is 19.1. The van der Waals surface area contributed by atoms with Crippen LogP contribution in [-0.4, -0.2) is 0 Å². The molecule has 5 nitrogen and oxygen atoms in total. The lowest BCUT2D eigenvalue weighted by Gasteiger charge is -2.13. The fourth-order valence-corrected chi connectivity index (χ4v) is 4.56. The van der Waals surface area contributed by atoms with Gasteiger partial charge < -0.3 is 18.6 Å². The third kappa shape index (κ3) is 6.76. The molecule has 0 amide bonds. The maximum absolute atomic E-state index is 13.8. The van der Waals surface area contributed by atoms with Crippen molar-refractivity contribution >= 4 is 11.0 Å². The normalized spacial score (nSPS) is 11.0. The first-order chi connectivity index (χ1) is 21.4. The molecule has 0 radical (unpaired) electrons. The first-order valence-corrected chi connectivity index (χ1v) is 13.7. The summed E-state index contributed by atoms with van der Waals surface area (Å²) in [6.07, 6.45) is 1.38. The van der Waals surface area contributed by atoms with Crippen molar-refractivity contribution in [3.05, 3.63) is 160 Å². The number of hydrogen-bond acceptors (Lipinski definition) is 5. The predicted octanol–water partition coefficient (Wildman–Crippen LogP) is 8.61. The molecule has 220 valence electrons. The van der Waals surface area contributed by atoms with Crippen molar-refractivity contribution < 1.29 is 31.8 Å². The van der Waals surface area contributed by atoms with Gasteiger partial charge in [0.2, 0.25) is 5.43 Å². The second kappa shape index (κ2) is 12.8. The quantitative estimate of drug-likeness (QED) is 0.159. The van der Waals surface area contributed by atoms with Crippen LogP contribution < -0.4 is 19.6 Å². The molecule has 5 aromatic carbocycles. The molecule has 6 rings (SSSR count). The van der Waals surface area contributed by atoms with Crippen molar-refractivity contribution in [2.24, 2.45) is 0 Å². The smallest absolute Gasteiger partial charge is 0.204 e. The second-order valence-electron chi connectivity index (χ2n) is 10.0. The van der Waals surface area contributed by atoms with E-state index in [1.807, 2.05) is 0 Å². The maximum Gasteiger partial charge on any atom is 0.204 e. The third-order valence-corrected chi connectivity index (χ3v) is 6.93. The number of ether oxygens (including phenoxy) is 3. The Morgan fingerprint density at radius 2 is 1.02 bits per heavy atom. The Morgan fingerprint density at radius 3 is 1.55 bits per heavy atom. The van der Waals surface area contributed by atoms with Gasteiger partial charge in [0.25, 0.3) is 0 Å². The fraction of sp³-hybridized carbons (Fsp3) is 0.0833. The SMILES string of the molecule is O=c1c(-c2ccc(OCc3ccc(F)cc3)cc2)coc2cc(OCc3ccc(F)cc3)cc(OCc3ccc(F)cc3)c12. The van der Waals surface area contributed by atoms with Crippen LogP contribution in [0.2, 0.25) is 0 Å². The first kappa shape index (κ1) is 28.6. The van der Waals surface area contributed by atoms with Crippen LogP contribution in [0, 0.1) is 17.5 Å². The molecule has 0 atom stereocenters. The summed E-state index contributed by atoms with van der Waals surface area (Å²) in [6.45, 7) is 0.486. The monoisotopic (exact) mass is 594 g/mol. The Kier molecular flexibility index (Phi) is 8.32. The third-order valence-electron chi connectivity index (χ3n) is 6.93. The summed E-state index contributed by atoms with van der Waals surface area (Å²) in [7, 11) is 0. The van der Waals surface area contributed by atoms with Crippen molar-refractivity contribution in [3.63, 3.8) is 0 Å². The van der Waals surface area contributed by atoms with Crippen molar-refractivity contribution in [1.29, 1.82) is 0 Å². The highest BCUT2D eigenvalue weighted by molar-refractivity contribution is 5.88. The minimum atomic E-state index is -0.368. The molecular formula is C36H25F3O5. The molecule has 8 heteroatoms. The fourth-order valence-electron chi connectivity index (χ4n) is 4.56. The van der Waals surface area contributed by atoms with Gasteiger partial charge in [0, 0.05) is 12.1 Å². The molecule has 0 spiro atoms. The Balaban J connectivity index is 1.28. The van der Waals surface area contributed by atoms with Gasteiger partial charge in [-0.15, -0.1) is 0 Å². The predicted molar refractivity (Wildman–Crippen MR) is 160 cm³/mol. The Labute approximate surface area is 250 Å². The molecule has 0 N–H and O–H groups in total. The summed E-state index contributed by atoms with van der Waals surface area (Å²) < 4.78 is 63.6. The van der Waals surface area contributed by atoms with Crippen LogP contribution in [0.3, 0.4) is 0 Å². The van der Waals surface area contributed by atoms with Gasteiger partial charge in [0.15, 0.2) is 0 Å². The minimum Gasteiger partial charge on any atom is -0.489 e. The van der Waals surface area contributed by atoms with E-state index in [0.29, 0.717) is 28.2 Å². The molecule has 1 aromatic heterocycles. The highest BCUT2D eigenvalue weighted by Crippen LogP contribution is 2.33. The summed E-state index contributed by atoms with van der Waals surface area (Å²) in [6, 6.07) is 28.0. The van der Waals surface area contributed by atoms with E-state index >= 15 is 0 Å². The Hall–Kier alpha value is -5.50. The van der Waals surface area contributed by atoms with Crippen LogP contribution in [0.4, 0.5) is 13.2 Å². The lowest BCUT2D eigenvalue weighted by Crippen LogP contribution is -2.08. The Morgan fingerprint density at radius 1 is 0.545 bits per heavy atom. The van der Waals surface area contributed by atoms with Crippen molar-refractivity contribution in [2.45, 2.75) is 19.8 Å². The van der Waals surface area contributed by atoms with E-state index in [1.165, 1.54) is 42.7 Å².